The Morgan fingerprint density at radius 1 is 1.47 bits per heavy atom. The first kappa shape index (κ1) is 12.8. The van der Waals surface area contributed by atoms with E-state index < -0.39 is 4.92 Å². The SMILES string of the molecule is C=CCOc1ccc(C=C[N+](=O)[O-])cc1OC. The molecule has 0 aliphatic carbocycles. The molecule has 0 heterocycles. The average Bonchev–Trinajstić information content (AvgIpc) is 2.34. The van der Waals surface area contributed by atoms with Gasteiger partial charge in [0.15, 0.2) is 11.5 Å². The Hall–Kier alpha value is -2.30. The molecule has 0 N–H and O–H groups in total. The Morgan fingerprint density at radius 3 is 2.82 bits per heavy atom. The summed E-state index contributed by atoms with van der Waals surface area (Å²) in [7, 11) is 1.51. The van der Waals surface area contributed by atoms with Crippen molar-refractivity contribution in [3.8, 4) is 11.5 Å². The Balaban J connectivity index is 2.91. The van der Waals surface area contributed by atoms with E-state index in [1.54, 1.807) is 24.3 Å². The zero-order chi connectivity index (χ0) is 12.7. The molecule has 0 saturated heterocycles. The minimum Gasteiger partial charge on any atom is -0.493 e. The molecule has 0 saturated carbocycles. The van der Waals surface area contributed by atoms with Gasteiger partial charge in [0.1, 0.15) is 6.61 Å². The quantitative estimate of drug-likeness (QED) is 0.432. The highest BCUT2D eigenvalue weighted by molar-refractivity contribution is 5.55. The molecule has 0 atom stereocenters. The molecule has 5 heteroatoms. The average molecular weight is 235 g/mol. The zero-order valence-corrected chi connectivity index (χ0v) is 9.46. The second kappa shape index (κ2) is 6.32. The van der Waals surface area contributed by atoms with Crippen LogP contribution in [-0.2, 0) is 0 Å². The minimum absolute atomic E-state index is 0.375. The van der Waals surface area contributed by atoms with Crippen molar-refractivity contribution in [1.82, 2.24) is 0 Å². The van der Waals surface area contributed by atoms with E-state index in [0.717, 1.165) is 6.20 Å². The third kappa shape index (κ3) is 3.98. The number of methoxy groups -OCH3 is 1. The van der Waals surface area contributed by atoms with Crippen LogP contribution in [0.25, 0.3) is 6.08 Å². The number of ether oxygens (including phenoxy) is 2. The number of nitrogens with zero attached hydrogens (tertiary/aromatic N) is 1. The largest absolute Gasteiger partial charge is 0.493 e. The van der Waals surface area contributed by atoms with E-state index in [-0.39, 0.29) is 0 Å². The summed E-state index contributed by atoms with van der Waals surface area (Å²) >= 11 is 0. The highest BCUT2D eigenvalue weighted by Gasteiger charge is 2.04. The normalized spacial score (nSPS) is 10.2. The fourth-order valence-electron chi connectivity index (χ4n) is 1.20. The van der Waals surface area contributed by atoms with Gasteiger partial charge in [0.25, 0.3) is 0 Å². The van der Waals surface area contributed by atoms with Gasteiger partial charge >= 0.3 is 0 Å². The first-order valence-electron chi connectivity index (χ1n) is 4.91. The third-order valence-electron chi connectivity index (χ3n) is 1.93. The summed E-state index contributed by atoms with van der Waals surface area (Å²) in [5, 5.41) is 10.2. The number of nitro groups is 1. The van der Waals surface area contributed by atoms with E-state index in [1.165, 1.54) is 13.2 Å². The van der Waals surface area contributed by atoms with E-state index in [9.17, 15) is 10.1 Å². The summed E-state index contributed by atoms with van der Waals surface area (Å²) < 4.78 is 10.5. The lowest BCUT2D eigenvalue weighted by atomic mass is 10.2. The van der Waals surface area contributed by atoms with E-state index in [2.05, 4.69) is 6.58 Å². The highest BCUT2D eigenvalue weighted by Crippen LogP contribution is 2.28. The number of hydrogen-bond acceptors (Lipinski definition) is 4. The van der Waals surface area contributed by atoms with Crippen LogP contribution in [0.2, 0.25) is 0 Å². The summed E-state index contributed by atoms with van der Waals surface area (Å²) in [6.07, 6.45) is 3.89. The maximum atomic E-state index is 10.2. The van der Waals surface area contributed by atoms with Gasteiger partial charge in [-0.2, -0.15) is 0 Å². The van der Waals surface area contributed by atoms with Crippen LogP contribution in [0, 0.1) is 10.1 Å². The fraction of sp³-hybridized carbons (Fsp3) is 0.167. The van der Waals surface area contributed by atoms with Crippen molar-refractivity contribution in [1.29, 1.82) is 0 Å². The Kier molecular flexibility index (Phi) is 4.75. The van der Waals surface area contributed by atoms with Crippen LogP contribution in [0.3, 0.4) is 0 Å². The smallest absolute Gasteiger partial charge is 0.235 e. The van der Waals surface area contributed by atoms with Crippen LogP contribution in [0.1, 0.15) is 5.56 Å². The van der Waals surface area contributed by atoms with Gasteiger partial charge in [0.05, 0.1) is 12.0 Å². The van der Waals surface area contributed by atoms with Gasteiger partial charge in [-0.1, -0.05) is 18.7 Å². The van der Waals surface area contributed by atoms with Gasteiger partial charge in [-0.15, -0.1) is 0 Å². The van der Waals surface area contributed by atoms with Crippen LogP contribution in [0.15, 0.2) is 37.1 Å². The minimum atomic E-state index is -0.519. The topological polar surface area (TPSA) is 61.6 Å². The number of benzene rings is 1. The van der Waals surface area contributed by atoms with Crippen molar-refractivity contribution in [2.45, 2.75) is 0 Å². The maximum Gasteiger partial charge on any atom is 0.235 e. The summed E-state index contributed by atoms with van der Waals surface area (Å²) in [4.78, 5) is 9.67. The first-order valence-corrected chi connectivity index (χ1v) is 4.91. The van der Waals surface area contributed by atoms with Crippen molar-refractivity contribution in [3.05, 3.63) is 52.7 Å². The molecule has 0 aromatic heterocycles. The molecule has 0 unspecified atom stereocenters. The molecule has 0 radical (unpaired) electrons. The van der Waals surface area contributed by atoms with Crippen molar-refractivity contribution < 1.29 is 14.4 Å². The molecule has 0 amide bonds. The van der Waals surface area contributed by atoms with Gasteiger partial charge in [-0.05, 0) is 17.7 Å². The molecule has 0 aliphatic heterocycles. The zero-order valence-electron chi connectivity index (χ0n) is 9.46. The molecule has 0 aliphatic rings. The maximum absolute atomic E-state index is 10.2. The summed E-state index contributed by atoms with van der Waals surface area (Å²) in [5.74, 6) is 1.10. The van der Waals surface area contributed by atoms with Gasteiger partial charge < -0.3 is 9.47 Å². The van der Waals surface area contributed by atoms with Crippen LogP contribution < -0.4 is 9.47 Å². The molecule has 1 aromatic rings. The molecule has 0 spiro atoms. The van der Waals surface area contributed by atoms with Gasteiger partial charge in [0.2, 0.25) is 6.20 Å². The van der Waals surface area contributed by atoms with Gasteiger partial charge in [-0.25, -0.2) is 0 Å². The molecular weight excluding hydrogens is 222 g/mol. The molecule has 17 heavy (non-hydrogen) atoms. The van der Waals surface area contributed by atoms with E-state index in [1.807, 2.05) is 0 Å². The first-order chi connectivity index (χ1) is 8.17. The summed E-state index contributed by atoms with van der Waals surface area (Å²) in [6, 6.07) is 5.07. The predicted octanol–water partition coefficient (Wildman–Crippen LogP) is 2.51. The predicted molar refractivity (Wildman–Crippen MR) is 64.7 cm³/mol. The van der Waals surface area contributed by atoms with E-state index in [0.29, 0.717) is 23.7 Å². The molecule has 90 valence electrons. The van der Waals surface area contributed by atoms with Crippen LogP contribution in [0.4, 0.5) is 0 Å². The monoisotopic (exact) mass is 235 g/mol. The van der Waals surface area contributed by atoms with Crippen LogP contribution >= 0.6 is 0 Å². The molecule has 1 aromatic carbocycles. The Morgan fingerprint density at radius 2 is 2.24 bits per heavy atom. The Bertz CT molecular complexity index is 440. The summed E-state index contributed by atoms with van der Waals surface area (Å²) in [5.41, 5.74) is 0.671. The van der Waals surface area contributed by atoms with Crippen molar-refractivity contribution in [2.24, 2.45) is 0 Å². The molecule has 0 bridgehead atoms. The number of hydrogen-bond donors (Lipinski definition) is 0. The van der Waals surface area contributed by atoms with Crippen molar-refractivity contribution in [2.75, 3.05) is 13.7 Å². The van der Waals surface area contributed by atoms with Crippen molar-refractivity contribution >= 4 is 6.08 Å². The number of rotatable bonds is 6. The van der Waals surface area contributed by atoms with E-state index in [4.69, 9.17) is 9.47 Å². The van der Waals surface area contributed by atoms with Crippen molar-refractivity contribution in [3.63, 3.8) is 0 Å². The molecule has 1 rings (SSSR count). The third-order valence-corrected chi connectivity index (χ3v) is 1.93. The lowest BCUT2D eigenvalue weighted by Crippen LogP contribution is -1.96. The second-order valence-corrected chi connectivity index (χ2v) is 3.11. The van der Waals surface area contributed by atoms with Crippen LogP contribution in [-0.4, -0.2) is 18.6 Å². The lowest BCUT2D eigenvalue weighted by molar-refractivity contribution is -0.400. The molecule has 5 nitrogen and oxygen atoms in total. The highest BCUT2D eigenvalue weighted by atomic mass is 16.6. The lowest BCUT2D eigenvalue weighted by Gasteiger charge is -2.09. The van der Waals surface area contributed by atoms with Gasteiger partial charge in [-0.3, -0.25) is 10.1 Å². The van der Waals surface area contributed by atoms with E-state index >= 15 is 0 Å². The van der Waals surface area contributed by atoms with Crippen LogP contribution in [0.5, 0.6) is 11.5 Å². The standard InChI is InChI=1S/C12H13NO4/c1-3-8-17-11-5-4-10(6-7-13(14)15)9-12(11)16-2/h3-7,9H,1,8H2,2H3. The molecule has 0 fully saturated rings. The summed E-state index contributed by atoms with van der Waals surface area (Å²) in [6.45, 7) is 3.92. The Labute approximate surface area is 99.1 Å². The molecular formula is C12H13NO4. The van der Waals surface area contributed by atoms with Gasteiger partial charge in [0, 0.05) is 6.08 Å². The second-order valence-electron chi connectivity index (χ2n) is 3.11. The fourth-order valence-corrected chi connectivity index (χ4v) is 1.20.